The van der Waals surface area contributed by atoms with Crippen molar-refractivity contribution in [3.8, 4) is 0 Å². The van der Waals surface area contributed by atoms with Crippen LogP contribution in [0.3, 0.4) is 0 Å². The van der Waals surface area contributed by atoms with Gasteiger partial charge >= 0.3 is 0 Å². The van der Waals surface area contributed by atoms with E-state index in [2.05, 4.69) is 32.0 Å². The van der Waals surface area contributed by atoms with E-state index in [9.17, 15) is 0 Å². The van der Waals surface area contributed by atoms with Gasteiger partial charge in [-0.25, -0.2) is 0 Å². The van der Waals surface area contributed by atoms with Crippen molar-refractivity contribution >= 4 is 0 Å². The van der Waals surface area contributed by atoms with Crippen molar-refractivity contribution in [1.82, 2.24) is 0 Å². The number of hydrogen-bond donors (Lipinski definition) is 1. The second kappa shape index (κ2) is 4.53. The Kier molecular flexibility index (Phi) is 3.28. The third-order valence-electron chi connectivity index (χ3n) is 3.02. The predicted octanol–water partition coefficient (Wildman–Crippen LogP) is 1.85. The summed E-state index contributed by atoms with van der Waals surface area (Å²) in [5.74, 6) is -0.605. The molecule has 1 heterocycles. The van der Waals surface area contributed by atoms with Gasteiger partial charge < -0.3 is 15.2 Å². The zero-order valence-corrected chi connectivity index (χ0v) is 9.95. The summed E-state index contributed by atoms with van der Waals surface area (Å²) >= 11 is 0. The van der Waals surface area contributed by atoms with Crippen molar-refractivity contribution in [3.05, 3.63) is 34.9 Å². The Balaban J connectivity index is 2.38. The molecule has 0 radical (unpaired) electrons. The van der Waals surface area contributed by atoms with E-state index in [0.717, 1.165) is 5.56 Å². The molecule has 2 rings (SSSR count). The number of benzene rings is 1. The lowest BCUT2D eigenvalue weighted by Crippen LogP contribution is -2.31. The maximum Gasteiger partial charge on any atom is 0.196 e. The van der Waals surface area contributed by atoms with Crippen molar-refractivity contribution in [2.45, 2.75) is 26.1 Å². The molecule has 0 unspecified atom stereocenters. The molecule has 1 saturated heterocycles. The first-order chi connectivity index (χ1) is 7.68. The summed E-state index contributed by atoms with van der Waals surface area (Å²) in [6.07, 6.45) is 0.705. The van der Waals surface area contributed by atoms with Gasteiger partial charge in [0.25, 0.3) is 0 Å². The molecule has 0 spiro atoms. The largest absolute Gasteiger partial charge is 0.343 e. The van der Waals surface area contributed by atoms with E-state index in [1.54, 1.807) is 0 Å². The molecule has 0 aliphatic carbocycles. The van der Waals surface area contributed by atoms with Crippen LogP contribution in [0.1, 0.15) is 23.1 Å². The minimum atomic E-state index is -0.605. The summed E-state index contributed by atoms with van der Waals surface area (Å²) < 4.78 is 11.6. The van der Waals surface area contributed by atoms with Gasteiger partial charge in [-0.1, -0.05) is 23.8 Å². The molecule has 16 heavy (non-hydrogen) atoms. The van der Waals surface area contributed by atoms with Crippen molar-refractivity contribution in [2.24, 2.45) is 5.73 Å². The molecule has 0 aromatic heterocycles. The lowest BCUT2D eigenvalue weighted by atomic mass is 9.96. The summed E-state index contributed by atoms with van der Waals surface area (Å²) in [4.78, 5) is 0. The molecule has 3 nitrogen and oxygen atoms in total. The normalized spacial score (nSPS) is 18.9. The topological polar surface area (TPSA) is 44.5 Å². The van der Waals surface area contributed by atoms with Crippen molar-refractivity contribution < 1.29 is 9.47 Å². The summed E-state index contributed by atoms with van der Waals surface area (Å²) in [6.45, 7) is 6.03. The van der Waals surface area contributed by atoms with E-state index >= 15 is 0 Å². The van der Waals surface area contributed by atoms with Gasteiger partial charge in [-0.2, -0.15) is 0 Å². The second-order valence-corrected chi connectivity index (χ2v) is 4.31. The van der Waals surface area contributed by atoms with Crippen molar-refractivity contribution in [2.75, 3.05) is 19.8 Å². The Morgan fingerprint density at radius 1 is 1.25 bits per heavy atom. The Labute approximate surface area is 96.5 Å². The number of nitrogens with two attached hydrogens (primary N) is 1. The molecule has 0 amide bonds. The van der Waals surface area contributed by atoms with Gasteiger partial charge in [-0.05, 0) is 26.0 Å². The van der Waals surface area contributed by atoms with Gasteiger partial charge in [0.2, 0.25) is 0 Å². The maximum atomic E-state index is 5.79. The number of aryl methyl sites for hydroxylation is 2. The Bertz CT molecular complexity index is 370. The summed E-state index contributed by atoms with van der Waals surface area (Å²) in [7, 11) is 0. The van der Waals surface area contributed by atoms with Crippen LogP contribution in [0.25, 0.3) is 0 Å². The fourth-order valence-electron chi connectivity index (χ4n) is 2.32. The average Bonchev–Trinajstić information content (AvgIpc) is 2.67. The SMILES string of the molecule is Cc1ccc(C2(CCN)OCCO2)c(C)c1. The minimum Gasteiger partial charge on any atom is -0.343 e. The molecule has 1 aromatic rings. The first-order valence-corrected chi connectivity index (χ1v) is 5.74. The van der Waals surface area contributed by atoms with E-state index < -0.39 is 5.79 Å². The first kappa shape index (κ1) is 11.6. The fraction of sp³-hybridized carbons (Fsp3) is 0.538. The molecule has 1 aliphatic heterocycles. The summed E-state index contributed by atoms with van der Waals surface area (Å²) in [6, 6.07) is 6.33. The highest BCUT2D eigenvalue weighted by Gasteiger charge is 2.38. The smallest absolute Gasteiger partial charge is 0.196 e. The number of rotatable bonds is 3. The molecule has 1 aliphatic rings. The molecule has 88 valence electrons. The molecule has 3 heteroatoms. The number of hydrogen-bond acceptors (Lipinski definition) is 3. The Morgan fingerprint density at radius 2 is 1.94 bits per heavy atom. The van der Waals surface area contributed by atoms with Crippen molar-refractivity contribution in [1.29, 1.82) is 0 Å². The van der Waals surface area contributed by atoms with Crippen LogP contribution in [-0.2, 0) is 15.3 Å². The molecule has 2 N–H and O–H groups in total. The van der Waals surface area contributed by atoms with Gasteiger partial charge in [0, 0.05) is 12.0 Å². The van der Waals surface area contributed by atoms with Gasteiger partial charge in [-0.15, -0.1) is 0 Å². The summed E-state index contributed by atoms with van der Waals surface area (Å²) in [5.41, 5.74) is 9.22. The third kappa shape index (κ3) is 1.98. The van der Waals surface area contributed by atoms with Crippen LogP contribution < -0.4 is 5.73 Å². The highest BCUT2D eigenvalue weighted by Crippen LogP contribution is 2.36. The van der Waals surface area contributed by atoms with E-state index in [0.29, 0.717) is 26.2 Å². The van der Waals surface area contributed by atoms with E-state index in [1.165, 1.54) is 11.1 Å². The van der Waals surface area contributed by atoms with Crippen LogP contribution in [0.5, 0.6) is 0 Å². The van der Waals surface area contributed by atoms with Crippen LogP contribution in [0.4, 0.5) is 0 Å². The lowest BCUT2D eigenvalue weighted by molar-refractivity contribution is -0.169. The maximum absolute atomic E-state index is 5.79. The van der Waals surface area contributed by atoms with Crippen LogP contribution in [-0.4, -0.2) is 19.8 Å². The van der Waals surface area contributed by atoms with Crippen LogP contribution >= 0.6 is 0 Å². The zero-order valence-electron chi connectivity index (χ0n) is 9.95. The quantitative estimate of drug-likeness (QED) is 0.847. The summed E-state index contributed by atoms with van der Waals surface area (Å²) in [5, 5.41) is 0. The van der Waals surface area contributed by atoms with E-state index in [4.69, 9.17) is 15.2 Å². The highest BCUT2D eigenvalue weighted by atomic mass is 16.7. The van der Waals surface area contributed by atoms with E-state index in [-0.39, 0.29) is 0 Å². The standard InChI is InChI=1S/C13H19NO2/c1-10-3-4-12(11(2)9-10)13(5-6-14)15-7-8-16-13/h3-4,9H,5-8,14H2,1-2H3. The van der Waals surface area contributed by atoms with Crippen LogP contribution in [0.15, 0.2) is 18.2 Å². The molecular weight excluding hydrogens is 202 g/mol. The molecule has 0 saturated carbocycles. The van der Waals surface area contributed by atoms with Gasteiger partial charge in [0.05, 0.1) is 13.2 Å². The van der Waals surface area contributed by atoms with Gasteiger partial charge in [0.1, 0.15) is 0 Å². The number of ether oxygens (including phenoxy) is 2. The van der Waals surface area contributed by atoms with Crippen LogP contribution in [0, 0.1) is 13.8 Å². The third-order valence-corrected chi connectivity index (χ3v) is 3.02. The van der Waals surface area contributed by atoms with E-state index in [1.807, 2.05) is 0 Å². The van der Waals surface area contributed by atoms with Crippen molar-refractivity contribution in [3.63, 3.8) is 0 Å². The first-order valence-electron chi connectivity index (χ1n) is 5.74. The Morgan fingerprint density at radius 3 is 2.50 bits per heavy atom. The molecule has 1 aromatic carbocycles. The zero-order chi connectivity index (χ0) is 11.6. The lowest BCUT2D eigenvalue weighted by Gasteiger charge is -2.29. The second-order valence-electron chi connectivity index (χ2n) is 4.31. The highest BCUT2D eigenvalue weighted by molar-refractivity contribution is 5.34. The monoisotopic (exact) mass is 221 g/mol. The van der Waals surface area contributed by atoms with Crippen LogP contribution in [0.2, 0.25) is 0 Å². The molecule has 0 bridgehead atoms. The molecular formula is C13H19NO2. The minimum absolute atomic E-state index is 0.563. The predicted molar refractivity (Wildman–Crippen MR) is 63.2 cm³/mol. The average molecular weight is 221 g/mol. The molecule has 0 atom stereocenters. The Hall–Kier alpha value is -0.900. The fourth-order valence-corrected chi connectivity index (χ4v) is 2.32. The van der Waals surface area contributed by atoms with Gasteiger partial charge in [-0.3, -0.25) is 0 Å². The van der Waals surface area contributed by atoms with Gasteiger partial charge in [0.15, 0.2) is 5.79 Å². The molecule has 1 fully saturated rings.